The number of carbonyl (C=O) groups excluding carboxylic acids is 1. The molecule has 2 aromatic carbocycles. The van der Waals surface area contributed by atoms with E-state index >= 15 is 0 Å². The van der Waals surface area contributed by atoms with Gasteiger partial charge in [0.25, 0.3) is 5.91 Å². The number of nitrogens with zero attached hydrogens (tertiary/aromatic N) is 3. The van der Waals surface area contributed by atoms with Crippen molar-refractivity contribution in [2.45, 2.75) is 25.2 Å². The summed E-state index contributed by atoms with van der Waals surface area (Å²) in [4.78, 5) is 18.0. The van der Waals surface area contributed by atoms with E-state index in [9.17, 15) is 22.4 Å². The third-order valence-corrected chi connectivity index (χ3v) is 4.98. The van der Waals surface area contributed by atoms with Crippen LogP contribution in [0.1, 0.15) is 28.2 Å². The molecule has 10 heteroatoms. The lowest BCUT2D eigenvalue weighted by Crippen LogP contribution is -2.36. The van der Waals surface area contributed by atoms with Crippen molar-refractivity contribution < 1.29 is 26.9 Å². The van der Waals surface area contributed by atoms with E-state index in [1.54, 1.807) is 6.07 Å². The summed E-state index contributed by atoms with van der Waals surface area (Å²) in [5.74, 6) is -2.19. The fourth-order valence-corrected chi connectivity index (χ4v) is 3.48. The van der Waals surface area contributed by atoms with Gasteiger partial charge in [0, 0.05) is 36.8 Å². The highest BCUT2D eigenvalue weighted by Gasteiger charge is 2.38. The number of hydrogen-bond acceptors (Lipinski definition) is 5. The van der Waals surface area contributed by atoms with Crippen molar-refractivity contribution in [1.29, 1.82) is 0 Å². The van der Waals surface area contributed by atoms with Crippen LogP contribution in [0.5, 0.6) is 0 Å². The molecule has 31 heavy (non-hydrogen) atoms. The minimum absolute atomic E-state index is 0.0488. The van der Waals surface area contributed by atoms with E-state index in [1.165, 1.54) is 36.4 Å². The first kappa shape index (κ1) is 21.0. The first-order chi connectivity index (χ1) is 14.8. The molecule has 1 unspecified atom stereocenters. The van der Waals surface area contributed by atoms with Crippen LogP contribution in [0.4, 0.5) is 17.6 Å². The maximum absolute atomic E-state index is 13.3. The summed E-state index contributed by atoms with van der Waals surface area (Å²) in [5.41, 5.74) is 1.54. The predicted octanol–water partition coefficient (Wildman–Crippen LogP) is 3.90. The smallest absolute Gasteiger partial charge is 0.348 e. The molecular weight excluding hydrogens is 416 g/mol. The Morgan fingerprint density at radius 1 is 1.19 bits per heavy atom. The van der Waals surface area contributed by atoms with Crippen molar-refractivity contribution in [2.24, 2.45) is 0 Å². The van der Waals surface area contributed by atoms with Crippen molar-refractivity contribution in [3.63, 3.8) is 0 Å². The zero-order chi connectivity index (χ0) is 22.0. The van der Waals surface area contributed by atoms with Crippen LogP contribution in [-0.4, -0.2) is 40.1 Å². The van der Waals surface area contributed by atoms with Crippen molar-refractivity contribution in [3.05, 3.63) is 71.4 Å². The summed E-state index contributed by atoms with van der Waals surface area (Å²) < 4.78 is 55.3. The normalized spacial score (nSPS) is 17.1. The van der Waals surface area contributed by atoms with Gasteiger partial charge < -0.3 is 9.84 Å². The predicted molar refractivity (Wildman–Crippen MR) is 102 cm³/mol. The van der Waals surface area contributed by atoms with Crippen LogP contribution in [0.2, 0.25) is 0 Å². The van der Waals surface area contributed by atoms with Gasteiger partial charge in [-0.25, -0.2) is 4.39 Å². The molecule has 2 heterocycles. The molecule has 0 saturated carbocycles. The highest BCUT2D eigenvalue weighted by molar-refractivity contribution is 5.94. The van der Waals surface area contributed by atoms with Gasteiger partial charge in [0.05, 0.1) is 0 Å². The monoisotopic (exact) mass is 434 g/mol. The van der Waals surface area contributed by atoms with Gasteiger partial charge in [-0.1, -0.05) is 29.4 Å². The zero-order valence-corrected chi connectivity index (χ0v) is 16.2. The van der Waals surface area contributed by atoms with Crippen molar-refractivity contribution in [1.82, 2.24) is 20.4 Å². The molecule has 6 nitrogen and oxygen atoms in total. The number of carbonyl (C=O) groups is 1. The second kappa shape index (κ2) is 8.46. The Bertz CT molecular complexity index is 1070. The maximum Gasteiger partial charge on any atom is 0.471 e. The molecule has 4 rings (SSSR count). The third-order valence-electron chi connectivity index (χ3n) is 4.98. The maximum atomic E-state index is 13.3. The van der Waals surface area contributed by atoms with Crippen LogP contribution in [0.15, 0.2) is 53.1 Å². The summed E-state index contributed by atoms with van der Waals surface area (Å²) in [7, 11) is 0. The van der Waals surface area contributed by atoms with Gasteiger partial charge in [-0.3, -0.25) is 9.69 Å². The van der Waals surface area contributed by atoms with Crippen LogP contribution in [0.3, 0.4) is 0 Å². The SMILES string of the molecule is O=C(NC1CCN(Cc2cccc(F)c2)C1)c1ccc(-c2noc(C(F)(F)F)n2)cc1. The first-order valence-electron chi connectivity index (χ1n) is 9.57. The molecule has 0 aliphatic carbocycles. The number of alkyl halides is 3. The van der Waals surface area contributed by atoms with Crippen LogP contribution in [0.25, 0.3) is 11.4 Å². The minimum Gasteiger partial charge on any atom is -0.348 e. The average molecular weight is 434 g/mol. The molecule has 1 fully saturated rings. The lowest BCUT2D eigenvalue weighted by molar-refractivity contribution is -0.159. The minimum atomic E-state index is -4.71. The fraction of sp³-hybridized carbons (Fsp3) is 0.286. The van der Waals surface area contributed by atoms with Gasteiger partial charge >= 0.3 is 12.1 Å². The molecule has 1 saturated heterocycles. The summed E-state index contributed by atoms with van der Waals surface area (Å²) >= 11 is 0. The van der Waals surface area contributed by atoms with Gasteiger partial charge in [0.2, 0.25) is 5.82 Å². The highest BCUT2D eigenvalue weighted by Crippen LogP contribution is 2.29. The average Bonchev–Trinajstić information content (AvgIpc) is 3.38. The number of aromatic nitrogens is 2. The van der Waals surface area contributed by atoms with Gasteiger partial charge in [0.15, 0.2) is 0 Å². The van der Waals surface area contributed by atoms with E-state index in [0.29, 0.717) is 24.2 Å². The lowest BCUT2D eigenvalue weighted by Gasteiger charge is -2.17. The third kappa shape index (κ3) is 5.08. The summed E-state index contributed by atoms with van der Waals surface area (Å²) in [6, 6.07) is 12.3. The Kier molecular flexibility index (Phi) is 5.73. The Morgan fingerprint density at radius 2 is 1.97 bits per heavy atom. The summed E-state index contributed by atoms with van der Waals surface area (Å²) in [5, 5.41) is 6.28. The van der Waals surface area contributed by atoms with Crippen molar-refractivity contribution in [2.75, 3.05) is 13.1 Å². The molecule has 0 bridgehead atoms. The number of likely N-dealkylation sites (tertiary alicyclic amines) is 1. The molecular formula is C21H18F4N4O2. The van der Waals surface area contributed by atoms with Crippen LogP contribution < -0.4 is 5.32 Å². The van der Waals surface area contributed by atoms with Gasteiger partial charge in [0.1, 0.15) is 5.82 Å². The van der Waals surface area contributed by atoms with E-state index in [0.717, 1.165) is 18.5 Å². The molecule has 1 aliphatic heterocycles. The van der Waals surface area contributed by atoms with E-state index in [4.69, 9.17) is 0 Å². The van der Waals surface area contributed by atoms with E-state index in [2.05, 4.69) is 24.9 Å². The van der Waals surface area contributed by atoms with E-state index in [-0.39, 0.29) is 23.6 Å². The van der Waals surface area contributed by atoms with Crippen molar-refractivity contribution >= 4 is 5.91 Å². The number of nitrogens with one attached hydrogen (secondary N) is 1. The molecule has 1 atom stereocenters. The molecule has 0 spiro atoms. The van der Waals surface area contributed by atoms with Crippen LogP contribution >= 0.6 is 0 Å². The number of rotatable bonds is 5. The van der Waals surface area contributed by atoms with E-state index < -0.39 is 12.1 Å². The Hall–Kier alpha value is -3.27. The summed E-state index contributed by atoms with van der Waals surface area (Å²) in [6.07, 6.45) is -3.95. The Balaban J connectivity index is 1.33. The number of amides is 1. The molecule has 162 valence electrons. The van der Waals surface area contributed by atoms with E-state index in [1.807, 2.05) is 6.07 Å². The van der Waals surface area contributed by atoms with Crippen LogP contribution in [-0.2, 0) is 12.7 Å². The number of halogens is 4. The molecule has 1 N–H and O–H groups in total. The van der Waals surface area contributed by atoms with Gasteiger partial charge in [-0.2, -0.15) is 18.2 Å². The molecule has 1 aliphatic rings. The zero-order valence-electron chi connectivity index (χ0n) is 16.2. The number of benzene rings is 2. The molecule has 0 radical (unpaired) electrons. The lowest BCUT2D eigenvalue weighted by atomic mass is 10.1. The first-order valence-corrected chi connectivity index (χ1v) is 9.57. The second-order valence-corrected chi connectivity index (χ2v) is 7.32. The van der Waals surface area contributed by atoms with Crippen molar-refractivity contribution in [3.8, 4) is 11.4 Å². The largest absolute Gasteiger partial charge is 0.471 e. The second-order valence-electron chi connectivity index (χ2n) is 7.32. The topological polar surface area (TPSA) is 71.3 Å². The quantitative estimate of drug-likeness (QED) is 0.617. The summed E-state index contributed by atoms with van der Waals surface area (Å²) in [6.45, 7) is 2.02. The number of hydrogen-bond donors (Lipinski definition) is 1. The van der Waals surface area contributed by atoms with Gasteiger partial charge in [-0.05, 0) is 36.2 Å². The standard InChI is InChI=1S/C21H18F4N4O2/c22-16-3-1-2-13(10-16)11-29-9-8-17(12-29)26-19(30)15-6-4-14(5-7-15)18-27-20(31-28-18)21(23,24)25/h1-7,10,17H,8-9,11-12H2,(H,26,30). The molecule has 1 aromatic heterocycles. The Labute approximate surface area is 174 Å². The molecule has 1 amide bonds. The molecule has 3 aromatic rings. The van der Waals surface area contributed by atoms with Crippen LogP contribution in [0, 0.1) is 5.82 Å². The Morgan fingerprint density at radius 3 is 2.65 bits per heavy atom. The fourth-order valence-electron chi connectivity index (χ4n) is 3.48. The van der Waals surface area contributed by atoms with Gasteiger partial charge in [-0.15, -0.1) is 0 Å². The highest BCUT2D eigenvalue weighted by atomic mass is 19.4.